The van der Waals surface area contributed by atoms with Crippen molar-refractivity contribution in [1.29, 1.82) is 0 Å². The molecule has 7 heteroatoms. The van der Waals surface area contributed by atoms with Gasteiger partial charge in [0.1, 0.15) is 0 Å². The van der Waals surface area contributed by atoms with Crippen molar-refractivity contribution >= 4 is 0 Å². The standard InChI is InChI=1S/C4H3F5O2/c1-2(5)3(6,7)11-4(8,9)10-2/h1H3. The van der Waals surface area contributed by atoms with E-state index < -0.39 is 18.3 Å². The van der Waals surface area contributed by atoms with Crippen molar-refractivity contribution in [3.05, 3.63) is 0 Å². The van der Waals surface area contributed by atoms with Crippen LogP contribution >= 0.6 is 0 Å². The van der Waals surface area contributed by atoms with E-state index in [9.17, 15) is 22.0 Å². The Morgan fingerprint density at radius 2 is 1.36 bits per heavy atom. The average Bonchev–Trinajstić information content (AvgIpc) is 1.66. The van der Waals surface area contributed by atoms with E-state index in [1.807, 2.05) is 0 Å². The van der Waals surface area contributed by atoms with Gasteiger partial charge in [-0.1, -0.05) is 0 Å². The molecule has 1 fully saturated rings. The minimum atomic E-state index is -4.61. The van der Waals surface area contributed by atoms with Crippen LogP contribution in [0.15, 0.2) is 0 Å². The maximum absolute atomic E-state index is 12.3. The van der Waals surface area contributed by atoms with Crippen LogP contribution in [-0.4, -0.2) is 18.3 Å². The van der Waals surface area contributed by atoms with E-state index in [-0.39, 0.29) is 6.92 Å². The molecular formula is C4H3F5O2. The van der Waals surface area contributed by atoms with Crippen molar-refractivity contribution in [2.75, 3.05) is 0 Å². The van der Waals surface area contributed by atoms with Gasteiger partial charge in [-0.2, -0.15) is 8.78 Å². The lowest BCUT2D eigenvalue weighted by molar-refractivity contribution is -0.386. The second kappa shape index (κ2) is 1.84. The van der Waals surface area contributed by atoms with Crippen molar-refractivity contribution in [2.45, 2.75) is 25.2 Å². The first kappa shape index (κ1) is 8.66. The lowest BCUT2D eigenvalue weighted by Gasteiger charge is -2.15. The molecule has 1 heterocycles. The maximum Gasteiger partial charge on any atom is 0.493 e. The lowest BCUT2D eigenvalue weighted by Crippen LogP contribution is -2.37. The molecule has 0 aliphatic carbocycles. The highest BCUT2D eigenvalue weighted by Gasteiger charge is 2.70. The van der Waals surface area contributed by atoms with Gasteiger partial charge in [0, 0.05) is 6.92 Å². The Labute approximate surface area is 57.9 Å². The van der Waals surface area contributed by atoms with Crippen molar-refractivity contribution in [1.82, 2.24) is 0 Å². The van der Waals surface area contributed by atoms with Crippen LogP contribution in [0, 0.1) is 0 Å². The Hall–Kier alpha value is -0.430. The number of halogens is 5. The first-order chi connectivity index (χ1) is 4.66. The number of alkyl halides is 5. The van der Waals surface area contributed by atoms with E-state index in [1.54, 1.807) is 0 Å². The van der Waals surface area contributed by atoms with Gasteiger partial charge in [-0.3, -0.25) is 0 Å². The third-order valence-corrected chi connectivity index (χ3v) is 1.08. The summed E-state index contributed by atoms with van der Waals surface area (Å²) in [6.45, 7) is 0.161. The molecule has 0 N–H and O–H groups in total. The van der Waals surface area contributed by atoms with Crippen LogP contribution in [0.4, 0.5) is 22.0 Å². The van der Waals surface area contributed by atoms with Crippen LogP contribution in [0.5, 0.6) is 0 Å². The van der Waals surface area contributed by atoms with E-state index in [4.69, 9.17) is 0 Å². The molecule has 1 aliphatic heterocycles. The third kappa shape index (κ3) is 1.30. The van der Waals surface area contributed by atoms with Gasteiger partial charge in [0.05, 0.1) is 0 Å². The van der Waals surface area contributed by atoms with Crippen LogP contribution in [-0.2, 0) is 9.47 Å². The summed E-state index contributed by atoms with van der Waals surface area (Å²) < 4.78 is 65.5. The largest absolute Gasteiger partial charge is 0.493 e. The molecule has 11 heavy (non-hydrogen) atoms. The predicted octanol–water partition coefficient (Wildman–Crippen LogP) is 1.86. The van der Waals surface area contributed by atoms with E-state index in [0.29, 0.717) is 0 Å². The lowest BCUT2D eigenvalue weighted by atomic mass is 10.3. The zero-order valence-electron chi connectivity index (χ0n) is 5.21. The van der Waals surface area contributed by atoms with Crippen molar-refractivity contribution < 1.29 is 31.4 Å². The second-order valence-electron chi connectivity index (χ2n) is 2.10. The summed E-state index contributed by atoms with van der Waals surface area (Å²) in [6, 6.07) is 0. The summed E-state index contributed by atoms with van der Waals surface area (Å²) in [5.74, 6) is -3.78. The highest BCUT2D eigenvalue weighted by atomic mass is 19.3. The van der Waals surface area contributed by atoms with Gasteiger partial charge in [-0.05, 0) is 0 Å². The molecule has 0 amide bonds. The highest BCUT2D eigenvalue weighted by Crippen LogP contribution is 2.48. The Morgan fingerprint density at radius 3 is 1.45 bits per heavy atom. The van der Waals surface area contributed by atoms with Gasteiger partial charge < -0.3 is 0 Å². The van der Waals surface area contributed by atoms with E-state index in [0.717, 1.165) is 0 Å². The number of hydrogen-bond acceptors (Lipinski definition) is 2. The SMILES string of the molecule is CC1(F)OC(F)(F)OC1(F)F. The number of ether oxygens (including phenoxy) is 2. The average molecular weight is 178 g/mol. The smallest absolute Gasteiger partial charge is 0.249 e. The molecule has 2 nitrogen and oxygen atoms in total. The van der Waals surface area contributed by atoms with Gasteiger partial charge in [-0.15, -0.1) is 8.78 Å². The van der Waals surface area contributed by atoms with Crippen LogP contribution < -0.4 is 0 Å². The van der Waals surface area contributed by atoms with Crippen molar-refractivity contribution in [3.8, 4) is 0 Å². The number of rotatable bonds is 0. The summed E-state index contributed by atoms with van der Waals surface area (Å²) in [6.07, 6.45) is -9.18. The molecule has 0 radical (unpaired) electrons. The maximum atomic E-state index is 12.3. The molecule has 0 aromatic carbocycles. The highest BCUT2D eigenvalue weighted by molar-refractivity contribution is 4.79. The molecule has 1 rings (SSSR count). The molecule has 0 saturated carbocycles. The molecule has 66 valence electrons. The molecule has 1 aliphatic rings. The summed E-state index contributed by atoms with van der Waals surface area (Å²) in [4.78, 5) is 0. The molecule has 1 saturated heterocycles. The Kier molecular flexibility index (Phi) is 1.45. The molecule has 0 bridgehead atoms. The van der Waals surface area contributed by atoms with Crippen LogP contribution in [0.3, 0.4) is 0 Å². The monoisotopic (exact) mass is 178 g/mol. The third-order valence-electron chi connectivity index (χ3n) is 1.08. The zero-order valence-corrected chi connectivity index (χ0v) is 5.21. The van der Waals surface area contributed by atoms with Gasteiger partial charge in [0.25, 0.3) is 0 Å². The van der Waals surface area contributed by atoms with Crippen molar-refractivity contribution in [2.24, 2.45) is 0 Å². The Bertz CT molecular complexity index is 159. The molecule has 0 aromatic heterocycles. The zero-order chi connectivity index (χ0) is 8.91. The summed E-state index contributed by atoms with van der Waals surface area (Å²) in [5.41, 5.74) is 0. The summed E-state index contributed by atoms with van der Waals surface area (Å²) in [7, 11) is 0. The minimum absolute atomic E-state index is 0.161. The molecule has 1 unspecified atom stereocenters. The molecular weight excluding hydrogens is 175 g/mol. The van der Waals surface area contributed by atoms with Crippen molar-refractivity contribution in [3.63, 3.8) is 0 Å². The Morgan fingerprint density at radius 1 is 0.909 bits per heavy atom. The van der Waals surface area contributed by atoms with E-state index in [1.165, 1.54) is 0 Å². The van der Waals surface area contributed by atoms with Gasteiger partial charge in [-0.25, -0.2) is 13.9 Å². The van der Waals surface area contributed by atoms with Crippen LogP contribution in [0.1, 0.15) is 6.92 Å². The van der Waals surface area contributed by atoms with Crippen LogP contribution in [0.25, 0.3) is 0 Å². The molecule has 0 spiro atoms. The summed E-state index contributed by atoms with van der Waals surface area (Å²) >= 11 is 0. The van der Waals surface area contributed by atoms with Crippen LogP contribution in [0.2, 0.25) is 0 Å². The quantitative estimate of drug-likeness (QED) is 0.527. The van der Waals surface area contributed by atoms with Gasteiger partial charge in [0.15, 0.2) is 0 Å². The topological polar surface area (TPSA) is 18.5 Å². The molecule has 0 aromatic rings. The normalized spacial score (nSPS) is 40.9. The fourth-order valence-corrected chi connectivity index (χ4v) is 0.544. The Balaban J connectivity index is 2.89. The fraction of sp³-hybridized carbons (Fsp3) is 1.00. The second-order valence-corrected chi connectivity index (χ2v) is 2.10. The first-order valence-electron chi connectivity index (χ1n) is 2.51. The first-order valence-corrected chi connectivity index (χ1v) is 2.51. The minimum Gasteiger partial charge on any atom is -0.249 e. The van der Waals surface area contributed by atoms with E-state index in [2.05, 4.69) is 9.47 Å². The molecule has 1 atom stereocenters. The number of hydrogen-bond donors (Lipinski definition) is 0. The van der Waals surface area contributed by atoms with E-state index >= 15 is 0 Å². The fourth-order valence-electron chi connectivity index (χ4n) is 0.544. The van der Waals surface area contributed by atoms with Gasteiger partial charge >= 0.3 is 18.3 Å². The summed E-state index contributed by atoms with van der Waals surface area (Å²) in [5, 5.41) is 0. The predicted molar refractivity (Wildman–Crippen MR) is 21.6 cm³/mol. The van der Waals surface area contributed by atoms with Gasteiger partial charge in [0.2, 0.25) is 0 Å².